The van der Waals surface area contributed by atoms with Gasteiger partial charge < -0.3 is 15.2 Å². The van der Waals surface area contributed by atoms with E-state index in [1.807, 2.05) is 4.90 Å². The van der Waals surface area contributed by atoms with E-state index in [2.05, 4.69) is 5.32 Å². The van der Waals surface area contributed by atoms with Crippen LogP contribution in [0.3, 0.4) is 0 Å². The van der Waals surface area contributed by atoms with E-state index in [9.17, 15) is 23.1 Å². The number of likely N-dealkylation sites (tertiary alicyclic amines) is 1. The Morgan fingerprint density at radius 3 is 2.45 bits per heavy atom. The van der Waals surface area contributed by atoms with Gasteiger partial charge in [-0.15, -0.1) is 0 Å². The number of fused-ring (bicyclic) bond motifs is 1. The van der Waals surface area contributed by atoms with Crippen molar-refractivity contribution in [3.63, 3.8) is 0 Å². The minimum absolute atomic E-state index is 0.00345. The Kier molecular flexibility index (Phi) is 6.14. The van der Waals surface area contributed by atoms with Gasteiger partial charge in [0.1, 0.15) is 35.4 Å². The monoisotopic (exact) mass is 454 g/mol. The lowest BCUT2D eigenvalue weighted by Crippen LogP contribution is -2.47. The maximum atomic E-state index is 14.0. The first-order chi connectivity index (χ1) is 14.7. The fraction of sp³-hybridized carbons (Fsp3) is 0.409. The molecule has 1 fully saturated rings. The molecular formula is C22H22ClF3N2O3. The van der Waals surface area contributed by atoms with Crippen LogP contribution < -0.4 is 10.1 Å². The average molecular weight is 455 g/mol. The summed E-state index contributed by atoms with van der Waals surface area (Å²) in [5.74, 6) is -1.73. The molecule has 31 heavy (non-hydrogen) atoms. The summed E-state index contributed by atoms with van der Waals surface area (Å²) in [7, 11) is 0. The maximum absolute atomic E-state index is 14.0. The zero-order valence-electron chi connectivity index (χ0n) is 16.7. The molecule has 1 saturated heterocycles. The number of benzene rings is 2. The van der Waals surface area contributed by atoms with Crippen LogP contribution in [0.2, 0.25) is 5.02 Å². The summed E-state index contributed by atoms with van der Waals surface area (Å²) in [6, 6.07) is 4.89. The number of anilines is 1. The summed E-state index contributed by atoms with van der Waals surface area (Å²) in [6.07, 6.45) is 1.30. The van der Waals surface area contributed by atoms with Crippen molar-refractivity contribution in [2.24, 2.45) is 0 Å². The lowest BCUT2D eigenvalue weighted by Gasteiger charge is -2.38. The first-order valence-corrected chi connectivity index (χ1v) is 10.4. The molecule has 2 heterocycles. The largest absolute Gasteiger partial charge is 0.490 e. The van der Waals surface area contributed by atoms with Crippen molar-refractivity contribution in [1.82, 2.24) is 4.90 Å². The quantitative estimate of drug-likeness (QED) is 0.715. The van der Waals surface area contributed by atoms with Crippen molar-refractivity contribution in [1.29, 1.82) is 0 Å². The van der Waals surface area contributed by atoms with Crippen molar-refractivity contribution < 1.29 is 27.8 Å². The van der Waals surface area contributed by atoms with Gasteiger partial charge in [-0.2, -0.15) is 0 Å². The molecule has 5 nitrogen and oxygen atoms in total. The van der Waals surface area contributed by atoms with Gasteiger partial charge in [0.15, 0.2) is 0 Å². The Morgan fingerprint density at radius 2 is 1.77 bits per heavy atom. The number of amides is 1. The lowest BCUT2D eigenvalue weighted by molar-refractivity contribution is -0.116. The average Bonchev–Trinajstić information content (AvgIpc) is 2.72. The third-order valence-electron chi connectivity index (χ3n) is 5.86. The van der Waals surface area contributed by atoms with E-state index in [1.165, 1.54) is 12.1 Å². The molecule has 0 radical (unpaired) electrons. The van der Waals surface area contributed by atoms with Gasteiger partial charge in [-0.3, -0.25) is 9.69 Å². The lowest BCUT2D eigenvalue weighted by atomic mass is 9.92. The van der Waals surface area contributed by atoms with Gasteiger partial charge in [-0.25, -0.2) is 13.2 Å². The van der Waals surface area contributed by atoms with Crippen molar-refractivity contribution in [2.45, 2.75) is 37.8 Å². The number of nitrogens with zero attached hydrogens (tertiary/aromatic N) is 1. The van der Waals surface area contributed by atoms with Gasteiger partial charge in [0.05, 0.1) is 5.69 Å². The van der Waals surface area contributed by atoms with Crippen LogP contribution in [-0.4, -0.2) is 41.2 Å². The highest BCUT2D eigenvalue weighted by Gasteiger charge is 2.34. The molecule has 166 valence electrons. The molecule has 2 aliphatic heterocycles. The molecule has 0 unspecified atom stereocenters. The Bertz CT molecular complexity index is 987. The number of piperidine rings is 1. The molecule has 2 aromatic rings. The number of hydrogen-bond donors (Lipinski definition) is 2. The Balaban J connectivity index is 1.37. The van der Waals surface area contributed by atoms with Crippen LogP contribution in [0.5, 0.6) is 5.75 Å². The molecule has 0 bridgehead atoms. The van der Waals surface area contributed by atoms with Gasteiger partial charge in [0.2, 0.25) is 5.91 Å². The SMILES string of the molecule is O=C1CCc2c(OCC3(O)CCN(Cc4c(F)cc(Cl)cc4F)CC3)ccc(F)c2N1. The van der Waals surface area contributed by atoms with Crippen molar-refractivity contribution in [2.75, 3.05) is 25.0 Å². The fourth-order valence-electron chi connectivity index (χ4n) is 3.99. The molecule has 0 saturated carbocycles. The molecule has 1 amide bonds. The molecule has 9 heteroatoms. The van der Waals surface area contributed by atoms with Crippen molar-refractivity contribution in [3.05, 3.63) is 57.9 Å². The number of ether oxygens (including phenoxy) is 1. The zero-order chi connectivity index (χ0) is 22.2. The fourth-order valence-corrected chi connectivity index (χ4v) is 4.18. The highest BCUT2D eigenvalue weighted by atomic mass is 35.5. The summed E-state index contributed by atoms with van der Waals surface area (Å²) in [6.45, 7) is 0.936. The van der Waals surface area contributed by atoms with Gasteiger partial charge in [0, 0.05) is 42.2 Å². The predicted molar refractivity (Wildman–Crippen MR) is 110 cm³/mol. The Morgan fingerprint density at radius 1 is 1.10 bits per heavy atom. The van der Waals surface area contributed by atoms with E-state index in [1.54, 1.807) is 0 Å². The number of halogens is 4. The van der Waals surface area contributed by atoms with Crippen LogP contribution in [0, 0.1) is 17.5 Å². The second kappa shape index (κ2) is 8.68. The second-order valence-corrected chi connectivity index (χ2v) is 8.52. The summed E-state index contributed by atoms with van der Waals surface area (Å²) < 4.78 is 47.9. The van der Waals surface area contributed by atoms with Crippen LogP contribution in [0.1, 0.15) is 30.4 Å². The van der Waals surface area contributed by atoms with E-state index >= 15 is 0 Å². The van der Waals surface area contributed by atoms with Crippen LogP contribution in [0.15, 0.2) is 24.3 Å². The Hall–Kier alpha value is -2.29. The number of carbonyl (C=O) groups is 1. The zero-order valence-corrected chi connectivity index (χ0v) is 17.4. The number of aliphatic hydroxyl groups is 1. The van der Waals surface area contributed by atoms with Gasteiger partial charge >= 0.3 is 0 Å². The number of nitrogens with one attached hydrogen (secondary N) is 1. The number of rotatable bonds is 5. The van der Waals surface area contributed by atoms with E-state index in [-0.39, 0.29) is 41.8 Å². The molecule has 2 N–H and O–H groups in total. The molecular weight excluding hydrogens is 433 g/mol. The molecule has 0 spiro atoms. The minimum atomic E-state index is -1.12. The van der Waals surface area contributed by atoms with Crippen LogP contribution in [0.25, 0.3) is 0 Å². The summed E-state index contributed by atoms with van der Waals surface area (Å²) in [5.41, 5.74) is -0.463. The van der Waals surface area contributed by atoms with Gasteiger partial charge in [-0.1, -0.05) is 11.6 Å². The molecule has 0 atom stereocenters. The van der Waals surface area contributed by atoms with Crippen molar-refractivity contribution in [3.8, 4) is 5.75 Å². The van der Waals surface area contributed by atoms with Gasteiger partial charge in [-0.05, 0) is 43.5 Å². The van der Waals surface area contributed by atoms with E-state index in [0.717, 1.165) is 12.1 Å². The summed E-state index contributed by atoms with van der Waals surface area (Å²) in [5, 5.41) is 13.4. The standard InChI is InChI=1S/C22H22ClF3N2O3/c23-13-9-17(25)15(18(26)10-13)11-28-7-5-22(30,6-8-28)12-31-19-3-2-16(24)21-14(19)1-4-20(29)27-21/h2-3,9-10,30H,1,4-8,11-12H2,(H,27,29). The second-order valence-electron chi connectivity index (χ2n) is 8.08. The maximum Gasteiger partial charge on any atom is 0.224 e. The topological polar surface area (TPSA) is 61.8 Å². The van der Waals surface area contributed by atoms with E-state index < -0.39 is 23.1 Å². The van der Waals surface area contributed by atoms with Crippen molar-refractivity contribution >= 4 is 23.2 Å². The van der Waals surface area contributed by atoms with Crippen LogP contribution in [0.4, 0.5) is 18.9 Å². The molecule has 0 aromatic heterocycles. The number of hydrogen-bond acceptors (Lipinski definition) is 4. The third kappa shape index (κ3) is 4.81. The molecule has 0 aliphatic carbocycles. The van der Waals surface area contributed by atoms with E-state index in [0.29, 0.717) is 43.7 Å². The molecule has 2 aromatic carbocycles. The number of carbonyl (C=O) groups excluding carboxylic acids is 1. The predicted octanol–water partition coefficient (Wildman–Crippen LogP) is 4.05. The first-order valence-electron chi connectivity index (χ1n) is 10.1. The summed E-state index contributed by atoms with van der Waals surface area (Å²) >= 11 is 5.67. The Labute approximate surface area is 182 Å². The normalized spacial score (nSPS) is 18.4. The van der Waals surface area contributed by atoms with Crippen LogP contribution >= 0.6 is 11.6 Å². The molecule has 4 rings (SSSR count). The smallest absolute Gasteiger partial charge is 0.224 e. The first kappa shape index (κ1) is 21.9. The highest BCUT2D eigenvalue weighted by molar-refractivity contribution is 6.30. The van der Waals surface area contributed by atoms with Crippen LogP contribution in [-0.2, 0) is 17.8 Å². The minimum Gasteiger partial charge on any atom is -0.490 e. The third-order valence-corrected chi connectivity index (χ3v) is 6.07. The van der Waals surface area contributed by atoms with Gasteiger partial charge in [0.25, 0.3) is 0 Å². The summed E-state index contributed by atoms with van der Waals surface area (Å²) in [4.78, 5) is 13.4. The molecule has 2 aliphatic rings. The van der Waals surface area contributed by atoms with E-state index in [4.69, 9.17) is 16.3 Å². The highest BCUT2D eigenvalue weighted by Crippen LogP contribution is 2.35.